The average Bonchev–Trinajstić information content (AvgIpc) is 1.93. The summed E-state index contributed by atoms with van der Waals surface area (Å²) >= 11 is 2.20. The Morgan fingerprint density at radius 2 is 1.11 bits per heavy atom. The van der Waals surface area contributed by atoms with Gasteiger partial charge in [-0.05, 0) is 237 Å². The summed E-state index contributed by atoms with van der Waals surface area (Å²) in [6, 6.07) is 47.4. The van der Waals surface area contributed by atoms with E-state index in [1.54, 1.807) is 49.4 Å². The SMILES string of the molecule is Cc1cc2c3c(c1)CC(c1ccc(C(C)(C)C)cc1-c1cccc4c1ccc1ccccc14)C1C=C4C(=CC1C([B]3)c1sc3cc5c(cc3c1C(C(C)c1ccc3c(c1)C(C)(C)CCC3(C)C)C2)C(C)(C)CCC5(C)C)C(C)(C)CCC4(C)C. The molecule has 2 aliphatic heterocycles. The fourth-order valence-corrected chi connectivity index (χ4v) is 19.3. The summed E-state index contributed by atoms with van der Waals surface area (Å²) < 4.78 is 1.50. The minimum Gasteiger partial charge on any atom is -0.140 e. The van der Waals surface area contributed by atoms with Crippen molar-refractivity contribution in [1.82, 2.24) is 0 Å². The van der Waals surface area contributed by atoms with Gasteiger partial charge >= 0.3 is 0 Å². The second-order valence-electron chi connectivity index (χ2n) is 33.0. The number of rotatable bonds is 4. The molecule has 0 spiro atoms. The average molecular weight is 1120 g/mol. The molecule has 3 heterocycles. The van der Waals surface area contributed by atoms with Crippen LogP contribution in [0.15, 0.2) is 139 Å². The maximum absolute atomic E-state index is 2.94. The number of benzene rings is 7. The molecule has 0 amide bonds. The van der Waals surface area contributed by atoms with Crippen molar-refractivity contribution in [3.05, 3.63) is 205 Å². The highest BCUT2D eigenvalue weighted by atomic mass is 32.1. The largest absolute Gasteiger partial charge is 0.163 e. The lowest BCUT2D eigenvalue weighted by Gasteiger charge is -2.51. The third-order valence-electron chi connectivity index (χ3n) is 23.7. The molecule has 1 saturated carbocycles. The standard InChI is InChI=1S/C82H94BS/c1-47-37-51-39-59(48(2)50-26-30-65-66(41-50)78(8,9)32-31-77(65,6)7)72-64-45-69-70(82(16,17)36-35-81(69,14)15)46-71(64)84-75(72)74-63-44-68-67(79(10,11)33-34-80(68,12)13)43-62(63)60(40-52(38-47)73(51)83-74)58-29-27-53(76(3,4)5)42-61(58)56-24-20-23-55-54-22-19-18-21-49(54)25-28-57(55)56/h18-30,37-38,41-46,48,59-60,62-63,74H,31-36,39-40H2,1-17H3. The Balaban J connectivity index is 1.07. The van der Waals surface area contributed by atoms with Crippen LogP contribution in [-0.4, -0.2) is 7.28 Å². The molecule has 1 aromatic heterocycles. The third-order valence-corrected chi connectivity index (χ3v) is 25.0. The molecule has 4 aliphatic carbocycles. The zero-order valence-electron chi connectivity index (χ0n) is 54.2. The van der Waals surface area contributed by atoms with Crippen LogP contribution in [0.4, 0.5) is 0 Å². The summed E-state index contributed by atoms with van der Waals surface area (Å²) in [5.41, 5.74) is 25.1. The predicted molar refractivity (Wildman–Crippen MR) is 365 cm³/mol. The van der Waals surface area contributed by atoms with E-state index >= 15 is 0 Å². The fourth-order valence-electron chi connectivity index (χ4n) is 17.9. The van der Waals surface area contributed by atoms with Gasteiger partial charge in [0.25, 0.3) is 0 Å². The molecule has 431 valence electrons. The Hall–Kier alpha value is -5.44. The van der Waals surface area contributed by atoms with Crippen molar-refractivity contribution in [1.29, 1.82) is 0 Å². The highest BCUT2D eigenvalue weighted by Gasteiger charge is 2.50. The zero-order chi connectivity index (χ0) is 59.2. The number of thiophene rings is 1. The molecule has 2 bridgehead atoms. The molecule has 6 unspecified atom stereocenters. The number of aryl methyl sites for hydroxylation is 1. The first-order valence-corrected chi connectivity index (χ1v) is 33.6. The second-order valence-corrected chi connectivity index (χ2v) is 34.1. The van der Waals surface area contributed by atoms with E-state index in [-0.39, 0.29) is 67.4 Å². The van der Waals surface area contributed by atoms with Crippen LogP contribution in [0, 0.1) is 29.6 Å². The lowest BCUT2D eigenvalue weighted by Crippen LogP contribution is -2.44. The van der Waals surface area contributed by atoms with Crippen molar-refractivity contribution in [3.63, 3.8) is 0 Å². The molecule has 0 saturated heterocycles. The molecular formula is C82H94BS. The molecule has 2 heteroatoms. The number of fused-ring (bicyclic) bond motifs is 13. The fraction of sp³-hybridized carbons (Fsp3) is 0.463. The molecule has 0 nitrogen and oxygen atoms in total. The van der Waals surface area contributed by atoms with Gasteiger partial charge in [0.1, 0.15) is 0 Å². The summed E-state index contributed by atoms with van der Waals surface area (Å²) in [5.74, 6) is 1.46. The van der Waals surface area contributed by atoms with E-state index in [2.05, 4.69) is 264 Å². The summed E-state index contributed by atoms with van der Waals surface area (Å²) in [7, 11) is 2.89. The molecule has 0 N–H and O–H groups in total. The smallest absolute Gasteiger partial charge is 0.140 e. The Labute approximate surface area is 510 Å². The van der Waals surface area contributed by atoms with Gasteiger partial charge < -0.3 is 0 Å². The van der Waals surface area contributed by atoms with Crippen LogP contribution in [0.1, 0.15) is 239 Å². The van der Waals surface area contributed by atoms with Gasteiger partial charge in [0, 0.05) is 9.58 Å². The Kier molecular flexibility index (Phi) is 12.8. The van der Waals surface area contributed by atoms with Gasteiger partial charge in [0.05, 0.1) is 0 Å². The lowest BCUT2D eigenvalue weighted by atomic mass is 9.44. The van der Waals surface area contributed by atoms with Gasteiger partial charge in [-0.15, -0.1) is 11.3 Å². The van der Waals surface area contributed by atoms with Crippen molar-refractivity contribution in [2.24, 2.45) is 22.7 Å². The quantitative estimate of drug-likeness (QED) is 0.122. The van der Waals surface area contributed by atoms with Crippen molar-refractivity contribution in [2.45, 2.75) is 220 Å². The first-order chi connectivity index (χ1) is 39.5. The van der Waals surface area contributed by atoms with Crippen molar-refractivity contribution in [3.8, 4) is 11.1 Å². The van der Waals surface area contributed by atoms with Crippen molar-refractivity contribution < 1.29 is 0 Å². The van der Waals surface area contributed by atoms with E-state index in [1.807, 2.05) is 0 Å². The molecule has 7 aromatic carbocycles. The maximum atomic E-state index is 2.94. The maximum Gasteiger partial charge on any atom is 0.163 e. The highest BCUT2D eigenvalue weighted by Crippen LogP contribution is 2.61. The van der Waals surface area contributed by atoms with Crippen LogP contribution in [0.3, 0.4) is 0 Å². The van der Waals surface area contributed by atoms with Gasteiger partial charge in [-0.1, -0.05) is 248 Å². The van der Waals surface area contributed by atoms with Gasteiger partial charge in [-0.2, -0.15) is 0 Å². The van der Waals surface area contributed by atoms with Crippen molar-refractivity contribution >= 4 is 55.7 Å². The van der Waals surface area contributed by atoms with Crippen LogP contribution in [0.5, 0.6) is 0 Å². The van der Waals surface area contributed by atoms with E-state index in [9.17, 15) is 0 Å². The van der Waals surface area contributed by atoms with E-state index in [0.717, 1.165) is 12.8 Å². The first kappa shape index (κ1) is 56.4. The van der Waals surface area contributed by atoms with Crippen LogP contribution in [0.25, 0.3) is 42.8 Å². The number of allylic oxidation sites excluding steroid dienone is 4. The lowest BCUT2D eigenvalue weighted by molar-refractivity contribution is 0.242. The molecule has 8 aromatic rings. The van der Waals surface area contributed by atoms with Crippen LogP contribution >= 0.6 is 11.3 Å². The number of hydrogen-bond donors (Lipinski definition) is 0. The first-order valence-electron chi connectivity index (χ1n) is 32.8. The van der Waals surface area contributed by atoms with E-state index in [1.165, 1.54) is 115 Å². The summed E-state index contributed by atoms with van der Waals surface area (Å²) in [6.07, 6.45) is 15.2. The summed E-state index contributed by atoms with van der Waals surface area (Å²) in [4.78, 5) is 1.64. The van der Waals surface area contributed by atoms with E-state index < -0.39 is 0 Å². The molecular weight excluding hydrogens is 1030 g/mol. The second kappa shape index (κ2) is 19.0. The van der Waals surface area contributed by atoms with E-state index in [0.29, 0.717) is 5.92 Å². The van der Waals surface area contributed by atoms with Crippen LogP contribution < -0.4 is 5.46 Å². The van der Waals surface area contributed by atoms with Crippen molar-refractivity contribution in [2.75, 3.05) is 0 Å². The Bertz CT molecular complexity index is 4110. The monoisotopic (exact) mass is 1120 g/mol. The molecule has 14 rings (SSSR count). The minimum absolute atomic E-state index is 0.0212. The Morgan fingerprint density at radius 1 is 0.512 bits per heavy atom. The van der Waals surface area contributed by atoms with Gasteiger partial charge in [0.15, 0.2) is 7.28 Å². The third kappa shape index (κ3) is 8.91. The normalized spacial score (nSPS) is 25.2. The van der Waals surface area contributed by atoms with E-state index in [4.69, 9.17) is 0 Å². The predicted octanol–water partition coefficient (Wildman–Crippen LogP) is 22.0. The molecule has 1 radical (unpaired) electrons. The van der Waals surface area contributed by atoms with Gasteiger partial charge in [0.2, 0.25) is 0 Å². The van der Waals surface area contributed by atoms with Crippen LogP contribution in [0.2, 0.25) is 0 Å². The van der Waals surface area contributed by atoms with Gasteiger partial charge in [-0.3, -0.25) is 0 Å². The zero-order valence-corrected chi connectivity index (χ0v) is 55.0. The summed E-state index contributed by atoms with van der Waals surface area (Å²) in [5, 5.41) is 6.86. The molecule has 6 atom stereocenters. The van der Waals surface area contributed by atoms with Gasteiger partial charge in [-0.25, -0.2) is 0 Å². The molecule has 1 fully saturated rings. The highest BCUT2D eigenvalue weighted by molar-refractivity contribution is 7.19. The molecule has 84 heavy (non-hydrogen) atoms. The van der Waals surface area contributed by atoms with Crippen LogP contribution in [-0.2, 0) is 39.9 Å². The Morgan fingerprint density at radius 3 is 1.79 bits per heavy atom. The molecule has 6 aliphatic rings. The topological polar surface area (TPSA) is 0 Å². The number of hydrogen-bond acceptors (Lipinski definition) is 1. The minimum atomic E-state index is -0.0212. The summed E-state index contributed by atoms with van der Waals surface area (Å²) in [6.45, 7) is 42.7.